The number of benzene rings is 1. The summed E-state index contributed by atoms with van der Waals surface area (Å²) >= 11 is 0. The van der Waals surface area contributed by atoms with Gasteiger partial charge in [0.15, 0.2) is 6.61 Å². The summed E-state index contributed by atoms with van der Waals surface area (Å²) in [6.45, 7) is 8.24. The molecule has 1 saturated heterocycles. The Bertz CT molecular complexity index is 832. The Labute approximate surface area is 166 Å². The van der Waals surface area contributed by atoms with Gasteiger partial charge in [0.2, 0.25) is 10.0 Å². The van der Waals surface area contributed by atoms with Gasteiger partial charge in [-0.25, -0.2) is 13.2 Å². The molecule has 1 fully saturated rings. The normalized spacial score (nSPS) is 20.3. The van der Waals surface area contributed by atoms with E-state index in [9.17, 15) is 18.0 Å². The molecule has 0 radical (unpaired) electrons. The number of rotatable bonds is 6. The Morgan fingerprint density at radius 3 is 2.25 bits per heavy atom. The largest absolute Gasteiger partial charge is 0.452 e. The van der Waals surface area contributed by atoms with Crippen molar-refractivity contribution in [3.8, 4) is 0 Å². The predicted octanol–water partition coefficient (Wildman–Crippen LogP) is 2.80. The zero-order chi connectivity index (χ0) is 20.9. The molecule has 0 aliphatic carbocycles. The third-order valence-corrected chi connectivity index (χ3v) is 6.21. The van der Waals surface area contributed by atoms with Crippen LogP contribution in [0.3, 0.4) is 0 Å². The minimum absolute atomic E-state index is 0.196. The minimum atomic E-state index is -3.56. The van der Waals surface area contributed by atoms with Crippen LogP contribution in [-0.2, 0) is 24.3 Å². The molecule has 2 rings (SSSR count). The molecule has 1 amide bonds. The van der Waals surface area contributed by atoms with Crippen LogP contribution in [-0.4, -0.2) is 44.3 Å². The molecule has 1 N–H and O–H groups in total. The van der Waals surface area contributed by atoms with Gasteiger partial charge in [0, 0.05) is 24.9 Å². The van der Waals surface area contributed by atoms with E-state index in [4.69, 9.17) is 4.74 Å². The van der Waals surface area contributed by atoms with Crippen molar-refractivity contribution in [1.82, 2.24) is 4.31 Å². The smallest absolute Gasteiger partial charge is 0.331 e. The molecule has 1 aromatic carbocycles. The van der Waals surface area contributed by atoms with Crippen molar-refractivity contribution in [2.24, 2.45) is 11.8 Å². The molecule has 1 heterocycles. The van der Waals surface area contributed by atoms with Crippen molar-refractivity contribution in [3.05, 3.63) is 35.9 Å². The van der Waals surface area contributed by atoms with Crippen molar-refractivity contribution in [1.29, 1.82) is 0 Å². The van der Waals surface area contributed by atoms with Crippen LogP contribution in [0.4, 0.5) is 5.69 Å². The van der Waals surface area contributed by atoms with Crippen molar-refractivity contribution in [3.63, 3.8) is 0 Å². The van der Waals surface area contributed by atoms with Crippen LogP contribution < -0.4 is 5.32 Å². The molecule has 1 aliphatic heterocycles. The second-order valence-electron chi connectivity index (χ2n) is 7.67. The second kappa shape index (κ2) is 9.34. The highest BCUT2D eigenvalue weighted by atomic mass is 32.2. The number of carbonyl (C=O) groups is 2. The standard InChI is InChI=1S/C20H28N2O5S/c1-14(2)9-20(24)27-13-19(23)21-17-5-7-18(8-6-17)28(25,26)22-11-15(3)10-16(4)12-22/h5-9,15-16H,10-13H2,1-4H3,(H,21,23)/t15-,16+. The van der Waals surface area contributed by atoms with Gasteiger partial charge < -0.3 is 10.1 Å². The highest BCUT2D eigenvalue weighted by Crippen LogP contribution is 2.27. The lowest BCUT2D eigenvalue weighted by Crippen LogP contribution is -2.42. The van der Waals surface area contributed by atoms with Gasteiger partial charge in [0.1, 0.15) is 0 Å². The fourth-order valence-corrected chi connectivity index (χ4v) is 4.95. The van der Waals surface area contributed by atoms with Crippen molar-refractivity contribution < 1.29 is 22.7 Å². The van der Waals surface area contributed by atoms with Crippen LogP contribution in [0.1, 0.15) is 34.1 Å². The van der Waals surface area contributed by atoms with Gasteiger partial charge in [0.05, 0.1) is 4.90 Å². The Morgan fingerprint density at radius 1 is 1.14 bits per heavy atom. The molecule has 0 aromatic heterocycles. The molecule has 0 spiro atoms. The lowest BCUT2D eigenvalue weighted by Gasteiger charge is -2.34. The van der Waals surface area contributed by atoms with Crippen LogP contribution in [0.15, 0.2) is 40.8 Å². The lowest BCUT2D eigenvalue weighted by molar-refractivity contribution is -0.142. The number of piperidine rings is 1. The molecule has 0 saturated carbocycles. The first kappa shape index (κ1) is 22.1. The summed E-state index contributed by atoms with van der Waals surface area (Å²) in [6.07, 6.45) is 2.32. The molecular weight excluding hydrogens is 380 g/mol. The van der Waals surface area contributed by atoms with E-state index >= 15 is 0 Å². The zero-order valence-corrected chi connectivity index (χ0v) is 17.6. The average Bonchev–Trinajstić information content (AvgIpc) is 2.59. The third kappa shape index (κ3) is 6.17. The highest BCUT2D eigenvalue weighted by Gasteiger charge is 2.31. The first-order chi connectivity index (χ1) is 13.1. The van der Waals surface area contributed by atoms with Crippen molar-refractivity contribution in [2.45, 2.75) is 39.0 Å². The quantitative estimate of drug-likeness (QED) is 0.577. The Kier molecular flexibility index (Phi) is 7.37. The molecule has 7 nitrogen and oxygen atoms in total. The van der Waals surface area contributed by atoms with E-state index in [0.29, 0.717) is 30.6 Å². The third-order valence-electron chi connectivity index (χ3n) is 4.36. The van der Waals surface area contributed by atoms with Crippen LogP contribution >= 0.6 is 0 Å². The minimum Gasteiger partial charge on any atom is -0.452 e. The molecule has 28 heavy (non-hydrogen) atoms. The number of carbonyl (C=O) groups excluding carboxylic acids is 2. The SMILES string of the molecule is CC(C)=CC(=O)OCC(=O)Nc1ccc(S(=O)(=O)N2C[C@H](C)C[C@H](C)C2)cc1. The van der Waals surface area contributed by atoms with Crippen LogP contribution in [0.2, 0.25) is 0 Å². The number of anilines is 1. The molecule has 154 valence electrons. The predicted molar refractivity (Wildman–Crippen MR) is 107 cm³/mol. The van der Waals surface area contributed by atoms with Crippen LogP contribution in [0, 0.1) is 11.8 Å². The van der Waals surface area contributed by atoms with Gasteiger partial charge in [-0.2, -0.15) is 4.31 Å². The number of nitrogens with one attached hydrogen (secondary N) is 1. The van der Waals surface area contributed by atoms with Gasteiger partial charge in [-0.3, -0.25) is 4.79 Å². The highest BCUT2D eigenvalue weighted by molar-refractivity contribution is 7.89. The molecule has 0 unspecified atom stereocenters. The van der Waals surface area contributed by atoms with E-state index < -0.39 is 28.5 Å². The summed E-state index contributed by atoms with van der Waals surface area (Å²) in [7, 11) is -3.56. The van der Waals surface area contributed by atoms with E-state index in [-0.39, 0.29) is 4.90 Å². The van der Waals surface area contributed by atoms with E-state index in [1.807, 2.05) is 0 Å². The number of sulfonamides is 1. The van der Waals surface area contributed by atoms with E-state index in [1.54, 1.807) is 13.8 Å². The molecule has 0 bridgehead atoms. The molecule has 2 atom stereocenters. The first-order valence-corrected chi connectivity index (χ1v) is 10.7. The Morgan fingerprint density at radius 2 is 1.71 bits per heavy atom. The maximum Gasteiger partial charge on any atom is 0.331 e. The Balaban J connectivity index is 1.98. The number of amides is 1. The fourth-order valence-electron chi connectivity index (χ4n) is 3.27. The molecule has 8 heteroatoms. The van der Waals surface area contributed by atoms with Crippen LogP contribution in [0.5, 0.6) is 0 Å². The van der Waals surface area contributed by atoms with Gasteiger partial charge >= 0.3 is 5.97 Å². The Hall–Kier alpha value is -2.19. The molecule has 1 aliphatic rings. The van der Waals surface area contributed by atoms with Crippen molar-refractivity contribution >= 4 is 27.6 Å². The summed E-state index contributed by atoms with van der Waals surface area (Å²) in [6, 6.07) is 6.01. The lowest BCUT2D eigenvalue weighted by atomic mass is 9.94. The van der Waals surface area contributed by atoms with E-state index in [2.05, 4.69) is 19.2 Å². The summed E-state index contributed by atoms with van der Waals surface area (Å²) < 4.78 is 32.1. The van der Waals surface area contributed by atoms with Gasteiger partial charge in [-0.15, -0.1) is 0 Å². The molecular formula is C20H28N2O5S. The summed E-state index contributed by atoms with van der Waals surface area (Å²) in [5.74, 6) is -0.427. The van der Waals surface area contributed by atoms with Gasteiger partial charge in [-0.05, 0) is 56.4 Å². The number of hydrogen-bond donors (Lipinski definition) is 1. The second-order valence-corrected chi connectivity index (χ2v) is 9.61. The zero-order valence-electron chi connectivity index (χ0n) is 16.8. The number of allylic oxidation sites excluding steroid dienone is 1. The first-order valence-electron chi connectivity index (χ1n) is 9.29. The van der Waals surface area contributed by atoms with Crippen molar-refractivity contribution in [2.75, 3.05) is 25.0 Å². The number of nitrogens with zero attached hydrogens (tertiary/aromatic N) is 1. The van der Waals surface area contributed by atoms with Gasteiger partial charge in [-0.1, -0.05) is 19.4 Å². The number of ether oxygens (including phenoxy) is 1. The monoisotopic (exact) mass is 408 g/mol. The maximum atomic E-state index is 12.9. The molecule has 1 aromatic rings. The number of hydrogen-bond acceptors (Lipinski definition) is 5. The fraction of sp³-hybridized carbons (Fsp3) is 0.500. The summed E-state index contributed by atoms with van der Waals surface area (Å²) in [5, 5.41) is 2.58. The topological polar surface area (TPSA) is 92.8 Å². The van der Waals surface area contributed by atoms with Gasteiger partial charge in [0.25, 0.3) is 5.91 Å². The van der Waals surface area contributed by atoms with Crippen LogP contribution in [0.25, 0.3) is 0 Å². The summed E-state index contributed by atoms with van der Waals surface area (Å²) in [4.78, 5) is 23.5. The van der Waals surface area contributed by atoms with E-state index in [0.717, 1.165) is 12.0 Å². The summed E-state index contributed by atoms with van der Waals surface area (Å²) in [5.41, 5.74) is 1.21. The number of esters is 1. The average molecular weight is 409 g/mol. The maximum absolute atomic E-state index is 12.9. The van der Waals surface area contributed by atoms with E-state index in [1.165, 1.54) is 34.6 Å².